The Morgan fingerprint density at radius 2 is 0.905 bits per heavy atom. The van der Waals surface area contributed by atoms with Gasteiger partial charge in [-0.05, 0) is 110 Å². The lowest BCUT2D eigenvalue weighted by Gasteiger charge is -2.33. The number of benzene rings is 4. The first-order chi connectivity index (χ1) is 30.8. The summed E-state index contributed by atoms with van der Waals surface area (Å²) in [5.41, 5.74) is 6.26. The summed E-state index contributed by atoms with van der Waals surface area (Å²) in [6.07, 6.45) is 12.6. The summed E-state index contributed by atoms with van der Waals surface area (Å²) in [7, 11) is 0. The van der Waals surface area contributed by atoms with Gasteiger partial charge in [0.05, 0.1) is 24.9 Å². The third-order valence-electron chi connectivity index (χ3n) is 11.7. The van der Waals surface area contributed by atoms with Crippen LogP contribution in [0.25, 0.3) is 0 Å². The van der Waals surface area contributed by atoms with Crippen molar-refractivity contribution in [3.05, 3.63) is 119 Å². The molecule has 2 amide bonds. The molecular weight excluding hydrogens is 797 g/mol. The molecule has 4 aromatic rings. The van der Waals surface area contributed by atoms with Crippen molar-refractivity contribution < 1.29 is 38.7 Å². The van der Waals surface area contributed by atoms with Crippen LogP contribution in [0.2, 0.25) is 0 Å². The molecule has 2 heterocycles. The normalized spacial score (nSPS) is 14.8. The van der Waals surface area contributed by atoms with Crippen LogP contribution in [0, 0.1) is 0 Å². The molecule has 0 aliphatic carbocycles. The van der Waals surface area contributed by atoms with Crippen molar-refractivity contribution in [3.8, 4) is 11.5 Å². The molecule has 336 valence electrons. The third kappa shape index (κ3) is 14.5. The van der Waals surface area contributed by atoms with Crippen molar-refractivity contribution >= 4 is 35.1 Å². The Hall–Kier alpha value is -6.04. The number of carbonyl (C=O) groups excluding carboxylic acids is 4. The van der Waals surface area contributed by atoms with Crippen LogP contribution in [0.5, 0.6) is 11.5 Å². The fraction of sp³-hybridized carbons (Fsp3) is 0.451. The molecule has 63 heavy (non-hydrogen) atoms. The highest BCUT2D eigenvalue weighted by Gasteiger charge is 2.24. The number of nitrogens with zero attached hydrogens (tertiary/aromatic N) is 2. The van der Waals surface area contributed by atoms with Crippen LogP contribution in [0.1, 0.15) is 132 Å². The van der Waals surface area contributed by atoms with E-state index in [1.165, 1.54) is 49.9 Å². The molecule has 2 N–H and O–H groups in total. The van der Waals surface area contributed by atoms with Crippen LogP contribution in [-0.4, -0.2) is 49.9 Å². The first-order valence-electron chi connectivity index (χ1n) is 23.0. The van der Waals surface area contributed by atoms with Crippen molar-refractivity contribution in [2.75, 3.05) is 36.0 Å². The van der Waals surface area contributed by atoms with Gasteiger partial charge in [0.2, 0.25) is 11.8 Å². The number of para-hydroxylation sites is 2. The van der Waals surface area contributed by atoms with E-state index in [1.54, 1.807) is 48.5 Å². The molecule has 4 aromatic carbocycles. The second-order valence-electron chi connectivity index (χ2n) is 16.6. The van der Waals surface area contributed by atoms with E-state index in [4.69, 9.17) is 19.6 Å². The number of carbonyl (C=O) groups is 4. The zero-order valence-corrected chi connectivity index (χ0v) is 37.0. The van der Waals surface area contributed by atoms with E-state index in [0.29, 0.717) is 0 Å². The Balaban J connectivity index is 0.913. The molecule has 2 aliphatic heterocycles. The summed E-state index contributed by atoms with van der Waals surface area (Å²) >= 11 is 0. The lowest BCUT2D eigenvalue weighted by atomic mass is 9.97. The van der Waals surface area contributed by atoms with Crippen LogP contribution in [0.15, 0.2) is 97.1 Å². The van der Waals surface area contributed by atoms with Gasteiger partial charge in [-0.25, -0.2) is 19.4 Å². The molecule has 12 heteroatoms. The maximum atomic E-state index is 13.3. The lowest BCUT2D eigenvalue weighted by molar-refractivity contribution is -0.226. The number of anilines is 2. The molecule has 2 atom stereocenters. The Morgan fingerprint density at radius 1 is 0.524 bits per heavy atom. The molecule has 0 spiro atoms. The number of hydrogen-bond donors (Lipinski definition) is 2. The minimum atomic E-state index is -0.979. The van der Waals surface area contributed by atoms with Crippen LogP contribution in [-0.2, 0) is 41.8 Å². The predicted molar refractivity (Wildman–Crippen MR) is 244 cm³/mol. The maximum Gasteiger partial charge on any atom is 0.366 e. The number of unbranched alkanes of at least 4 members (excludes halogenated alkanes) is 2. The second kappa shape index (κ2) is 24.6. The SMILES string of the molecule is CCCCC(NC(=O)Cc1ccc(OOC(=O)CC(=O)OOc2ccc(CC(=O)NC(CCCC)c3ccccc3N3CCCCC3)cc2)cc1)c1ccccc1N1CCCCC1. The van der Waals surface area contributed by atoms with Gasteiger partial charge in [-0.1, -0.05) is 100 Å². The number of nitrogens with one attached hydrogen (secondary N) is 2. The van der Waals surface area contributed by atoms with E-state index < -0.39 is 18.4 Å². The Kier molecular flexibility index (Phi) is 18.1. The quantitative estimate of drug-likeness (QED) is 0.0447. The van der Waals surface area contributed by atoms with Gasteiger partial charge in [-0.3, -0.25) is 19.4 Å². The summed E-state index contributed by atoms with van der Waals surface area (Å²) in [5.74, 6) is -1.68. The fourth-order valence-electron chi connectivity index (χ4n) is 8.39. The molecule has 0 aromatic heterocycles. The van der Waals surface area contributed by atoms with Crippen LogP contribution in [0.3, 0.4) is 0 Å². The van der Waals surface area contributed by atoms with Crippen LogP contribution >= 0.6 is 0 Å². The van der Waals surface area contributed by atoms with Crippen molar-refractivity contribution in [3.63, 3.8) is 0 Å². The zero-order valence-electron chi connectivity index (χ0n) is 37.0. The van der Waals surface area contributed by atoms with E-state index in [9.17, 15) is 19.2 Å². The van der Waals surface area contributed by atoms with Gasteiger partial charge in [0.15, 0.2) is 17.9 Å². The Labute approximate surface area is 372 Å². The number of hydrogen-bond acceptors (Lipinski definition) is 10. The first kappa shape index (κ1) is 46.5. The molecule has 0 bridgehead atoms. The third-order valence-corrected chi connectivity index (χ3v) is 11.7. The second-order valence-corrected chi connectivity index (χ2v) is 16.6. The topological polar surface area (TPSA) is 136 Å². The van der Waals surface area contributed by atoms with Gasteiger partial charge in [0.1, 0.15) is 0 Å². The molecule has 2 aliphatic rings. The average Bonchev–Trinajstić information content (AvgIpc) is 3.32. The van der Waals surface area contributed by atoms with E-state index in [0.717, 1.165) is 87.0 Å². The molecule has 2 unspecified atom stereocenters. The van der Waals surface area contributed by atoms with Crippen molar-refractivity contribution in [2.45, 2.75) is 122 Å². The van der Waals surface area contributed by atoms with Crippen molar-refractivity contribution in [2.24, 2.45) is 0 Å². The Morgan fingerprint density at radius 3 is 1.29 bits per heavy atom. The molecule has 0 radical (unpaired) electrons. The van der Waals surface area contributed by atoms with Gasteiger partial charge in [0, 0.05) is 37.6 Å². The number of amides is 2. The van der Waals surface area contributed by atoms with Gasteiger partial charge in [-0.15, -0.1) is 0 Å². The van der Waals surface area contributed by atoms with E-state index in [-0.39, 0.29) is 48.2 Å². The minimum Gasteiger partial charge on any atom is -0.371 e. The largest absolute Gasteiger partial charge is 0.371 e. The van der Waals surface area contributed by atoms with Gasteiger partial charge in [0.25, 0.3) is 0 Å². The highest BCUT2D eigenvalue weighted by molar-refractivity contribution is 5.90. The van der Waals surface area contributed by atoms with Crippen molar-refractivity contribution in [1.29, 1.82) is 0 Å². The minimum absolute atomic E-state index is 0.0829. The fourth-order valence-corrected chi connectivity index (χ4v) is 8.39. The average molecular weight is 861 g/mol. The molecular formula is C51H64N4O8. The van der Waals surface area contributed by atoms with Crippen molar-refractivity contribution in [1.82, 2.24) is 10.6 Å². The number of piperidine rings is 2. The van der Waals surface area contributed by atoms with Crippen LogP contribution in [0.4, 0.5) is 11.4 Å². The smallest absolute Gasteiger partial charge is 0.366 e. The van der Waals surface area contributed by atoms with E-state index in [2.05, 4.69) is 70.7 Å². The summed E-state index contributed by atoms with van der Waals surface area (Å²) < 4.78 is 0. The molecule has 0 saturated carbocycles. The lowest BCUT2D eigenvalue weighted by Crippen LogP contribution is -2.34. The predicted octanol–water partition coefficient (Wildman–Crippen LogP) is 9.61. The molecule has 2 saturated heterocycles. The Bertz CT molecular complexity index is 1920. The standard InChI is InChI=1S/C51H64N4O8/c1-3-5-19-44(42-17-9-11-21-46(42)54-31-13-7-14-32-54)52-48(56)35-38-23-27-40(28-24-38)60-62-50(58)37-51(59)63-61-41-29-25-39(26-30-41)36-49(57)53-45(20-6-4-2)43-18-10-12-22-47(43)55-33-15-8-16-34-55/h9-12,17-18,21-30,44-45H,3-8,13-16,19-20,31-37H2,1-2H3,(H,52,56)(H,53,57). The summed E-state index contributed by atoms with van der Waals surface area (Å²) in [6, 6.07) is 29.9. The monoisotopic (exact) mass is 860 g/mol. The molecule has 2 fully saturated rings. The van der Waals surface area contributed by atoms with E-state index in [1.807, 2.05) is 12.1 Å². The summed E-state index contributed by atoms with van der Waals surface area (Å²) in [6.45, 7) is 8.43. The first-order valence-corrected chi connectivity index (χ1v) is 23.0. The molecule has 12 nitrogen and oxygen atoms in total. The van der Waals surface area contributed by atoms with Gasteiger partial charge < -0.3 is 20.4 Å². The highest BCUT2D eigenvalue weighted by Crippen LogP contribution is 2.33. The highest BCUT2D eigenvalue weighted by atomic mass is 17.2. The van der Waals surface area contributed by atoms with E-state index >= 15 is 0 Å². The zero-order chi connectivity index (χ0) is 44.2. The molecule has 6 rings (SSSR count). The van der Waals surface area contributed by atoms with Gasteiger partial charge >= 0.3 is 11.9 Å². The maximum absolute atomic E-state index is 13.3. The summed E-state index contributed by atoms with van der Waals surface area (Å²) in [4.78, 5) is 76.1. The number of rotatable bonds is 22. The van der Waals surface area contributed by atoms with Crippen LogP contribution < -0.4 is 30.2 Å². The summed E-state index contributed by atoms with van der Waals surface area (Å²) in [5, 5.41) is 6.58. The van der Waals surface area contributed by atoms with Gasteiger partial charge in [-0.2, -0.15) is 0 Å².